The predicted molar refractivity (Wildman–Crippen MR) is 133 cm³/mol. The molecule has 9 heteroatoms. The van der Waals surface area contributed by atoms with E-state index in [0.717, 1.165) is 16.8 Å². The molecule has 4 rings (SSSR count). The van der Waals surface area contributed by atoms with Crippen molar-refractivity contribution in [1.29, 1.82) is 0 Å². The minimum absolute atomic E-state index is 0.116. The van der Waals surface area contributed by atoms with E-state index in [4.69, 9.17) is 4.74 Å². The SMILES string of the molecule is COC(=O)c1cc(NC(C)C(=O)Nc2ccc(-c3ccccc3)c[n+]2[O-])ccc1-c1ccnn1C. The predicted octanol–water partition coefficient (Wildman–Crippen LogP) is 3.61. The van der Waals surface area contributed by atoms with Crippen molar-refractivity contribution in [3.63, 3.8) is 0 Å². The number of esters is 1. The number of amides is 1. The number of anilines is 2. The molecule has 0 radical (unpaired) electrons. The summed E-state index contributed by atoms with van der Waals surface area (Å²) < 4.78 is 7.23. The molecule has 0 saturated heterocycles. The fraction of sp³-hybridized carbons (Fsp3) is 0.154. The number of aryl methyl sites for hydroxylation is 1. The van der Waals surface area contributed by atoms with Gasteiger partial charge in [0.15, 0.2) is 0 Å². The first-order valence-corrected chi connectivity index (χ1v) is 10.9. The van der Waals surface area contributed by atoms with Crippen LogP contribution in [0.2, 0.25) is 0 Å². The second-order valence-electron chi connectivity index (χ2n) is 7.94. The molecule has 0 aliphatic carbocycles. The minimum atomic E-state index is -0.697. The molecule has 0 saturated carbocycles. The molecule has 2 heterocycles. The quantitative estimate of drug-likeness (QED) is 0.242. The first-order valence-electron chi connectivity index (χ1n) is 10.9. The second kappa shape index (κ2) is 10.1. The van der Waals surface area contributed by atoms with Gasteiger partial charge >= 0.3 is 11.9 Å². The van der Waals surface area contributed by atoms with Crippen LogP contribution in [0, 0.1) is 5.21 Å². The third kappa shape index (κ3) is 5.14. The van der Waals surface area contributed by atoms with E-state index in [1.807, 2.05) is 30.3 Å². The molecule has 2 aromatic heterocycles. The smallest absolute Gasteiger partial charge is 0.338 e. The lowest BCUT2D eigenvalue weighted by Crippen LogP contribution is -2.38. The maximum Gasteiger partial charge on any atom is 0.338 e. The number of carbonyl (C=O) groups excluding carboxylic acids is 2. The Hall–Kier alpha value is -4.66. The first kappa shape index (κ1) is 23.5. The van der Waals surface area contributed by atoms with Crippen molar-refractivity contribution < 1.29 is 19.1 Å². The summed E-state index contributed by atoms with van der Waals surface area (Å²) in [4.78, 5) is 25.2. The molecule has 1 amide bonds. The Morgan fingerprint density at radius 2 is 1.83 bits per heavy atom. The van der Waals surface area contributed by atoms with Crippen LogP contribution in [0.1, 0.15) is 17.3 Å². The van der Waals surface area contributed by atoms with Crippen LogP contribution in [0.4, 0.5) is 11.5 Å². The van der Waals surface area contributed by atoms with Crippen molar-refractivity contribution in [2.24, 2.45) is 7.05 Å². The van der Waals surface area contributed by atoms with Crippen LogP contribution in [0.5, 0.6) is 0 Å². The van der Waals surface area contributed by atoms with Gasteiger partial charge in [0.05, 0.1) is 18.4 Å². The van der Waals surface area contributed by atoms with Crippen LogP contribution in [0.3, 0.4) is 0 Å². The zero-order chi connectivity index (χ0) is 24.9. The number of pyridine rings is 1. The summed E-state index contributed by atoms with van der Waals surface area (Å²) >= 11 is 0. The number of methoxy groups -OCH3 is 1. The molecule has 2 N–H and O–H groups in total. The number of benzene rings is 2. The van der Waals surface area contributed by atoms with Crippen molar-refractivity contribution in [2.45, 2.75) is 13.0 Å². The number of hydrogen-bond acceptors (Lipinski definition) is 6. The normalized spacial score (nSPS) is 11.5. The molecule has 178 valence electrons. The van der Waals surface area contributed by atoms with E-state index < -0.39 is 17.9 Å². The van der Waals surface area contributed by atoms with Crippen LogP contribution < -0.4 is 15.4 Å². The maximum absolute atomic E-state index is 12.8. The Bertz CT molecular complexity index is 1370. The highest BCUT2D eigenvalue weighted by Gasteiger charge is 2.22. The van der Waals surface area contributed by atoms with Crippen LogP contribution in [-0.2, 0) is 16.6 Å². The third-order valence-electron chi connectivity index (χ3n) is 5.57. The number of nitrogens with one attached hydrogen (secondary N) is 2. The van der Waals surface area contributed by atoms with Gasteiger partial charge in [-0.3, -0.25) is 4.68 Å². The summed E-state index contributed by atoms with van der Waals surface area (Å²) in [6.45, 7) is 1.66. The van der Waals surface area contributed by atoms with Crippen LogP contribution >= 0.6 is 0 Å². The van der Waals surface area contributed by atoms with Gasteiger partial charge in [-0.15, -0.1) is 0 Å². The number of ether oxygens (including phenoxy) is 1. The summed E-state index contributed by atoms with van der Waals surface area (Å²) in [5, 5.41) is 22.4. The zero-order valence-electron chi connectivity index (χ0n) is 19.6. The van der Waals surface area contributed by atoms with E-state index in [9.17, 15) is 14.8 Å². The monoisotopic (exact) mass is 471 g/mol. The van der Waals surface area contributed by atoms with E-state index in [-0.39, 0.29) is 5.82 Å². The molecule has 0 aliphatic heterocycles. The molecular formula is C26H25N5O4. The van der Waals surface area contributed by atoms with Gasteiger partial charge in [-0.1, -0.05) is 30.3 Å². The van der Waals surface area contributed by atoms with Crippen molar-refractivity contribution in [1.82, 2.24) is 9.78 Å². The molecule has 9 nitrogen and oxygen atoms in total. The lowest BCUT2D eigenvalue weighted by molar-refractivity contribution is -0.589. The Kier molecular flexibility index (Phi) is 6.77. The minimum Gasteiger partial charge on any atom is -0.711 e. The van der Waals surface area contributed by atoms with Gasteiger partial charge in [0.2, 0.25) is 0 Å². The summed E-state index contributed by atoms with van der Waals surface area (Å²) in [7, 11) is 3.09. The topological polar surface area (TPSA) is 112 Å². The lowest BCUT2D eigenvalue weighted by Gasteiger charge is -2.16. The largest absolute Gasteiger partial charge is 0.711 e. The average Bonchev–Trinajstić information content (AvgIpc) is 3.30. The molecule has 0 aliphatic rings. The Balaban J connectivity index is 1.49. The van der Waals surface area contributed by atoms with Crippen LogP contribution in [0.15, 0.2) is 79.1 Å². The average molecular weight is 472 g/mol. The zero-order valence-corrected chi connectivity index (χ0v) is 19.6. The van der Waals surface area contributed by atoms with Gasteiger partial charge in [-0.05, 0) is 42.8 Å². The van der Waals surface area contributed by atoms with Gasteiger partial charge in [0, 0.05) is 36.1 Å². The number of rotatable bonds is 7. The van der Waals surface area contributed by atoms with Crippen molar-refractivity contribution >= 4 is 23.4 Å². The third-order valence-corrected chi connectivity index (χ3v) is 5.57. The van der Waals surface area contributed by atoms with Crippen molar-refractivity contribution in [2.75, 3.05) is 17.7 Å². The van der Waals surface area contributed by atoms with E-state index in [1.54, 1.807) is 61.2 Å². The number of carbonyl (C=O) groups is 2. The number of nitrogens with zero attached hydrogens (tertiary/aromatic N) is 3. The number of aromatic nitrogens is 3. The fourth-order valence-electron chi connectivity index (χ4n) is 3.70. The van der Waals surface area contributed by atoms with Gasteiger partial charge in [-0.25, -0.2) is 19.6 Å². The summed E-state index contributed by atoms with van der Waals surface area (Å²) in [5.41, 5.74) is 3.94. The lowest BCUT2D eigenvalue weighted by atomic mass is 10.0. The summed E-state index contributed by atoms with van der Waals surface area (Å²) in [6, 6.07) is 19.1. The van der Waals surface area contributed by atoms with E-state index >= 15 is 0 Å². The molecular weight excluding hydrogens is 446 g/mol. The molecule has 4 aromatic rings. The van der Waals surface area contributed by atoms with E-state index in [2.05, 4.69) is 15.7 Å². The molecule has 0 bridgehead atoms. The van der Waals surface area contributed by atoms with Crippen LogP contribution in [-0.4, -0.2) is 34.8 Å². The Labute approximate surface area is 202 Å². The van der Waals surface area contributed by atoms with E-state index in [1.165, 1.54) is 13.3 Å². The molecule has 35 heavy (non-hydrogen) atoms. The molecule has 1 unspecified atom stereocenters. The number of hydrogen-bond donors (Lipinski definition) is 2. The van der Waals surface area contributed by atoms with Gasteiger partial charge in [-0.2, -0.15) is 5.10 Å². The first-order chi connectivity index (χ1) is 16.9. The van der Waals surface area contributed by atoms with Crippen molar-refractivity contribution in [3.05, 3.63) is 89.9 Å². The Morgan fingerprint density at radius 1 is 1.06 bits per heavy atom. The Morgan fingerprint density at radius 3 is 2.49 bits per heavy atom. The maximum atomic E-state index is 12.8. The van der Waals surface area contributed by atoms with Gasteiger partial charge in [0.25, 0.3) is 5.82 Å². The molecule has 2 aromatic carbocycles. The molecule has 0 spiro atoms. The fourth-order valence-corrected chi connectivity index (χ4v) is 3.70. The highest BCUT2D eigenvalue weighted by molar-refractivity contribution is 5.99. The van der Waals surface area contributed by atoms with Gasteiger partial charge in [0.1, 0.15) is 12.2 Å². The summed E-state index contributed by atoms with van der Waals surface area (Å²) in [5.74, 6) is -0.796. The highest BCUT2D eigenvalue weighted by atomic mass is 16.5. The highest BCUT2D eigenvalue weighted by Crippen LogP contribution is 2.27. The summed E-state index contributed by atoms with van der Waals surface area (Å²) in [6.07, 6.45) is 3.06. The van der Waals surface area contributed by atoms with Gasteiger partial charge < -0.3 is 15.3 Å². The van der Waals surface area contributed by atoms with Crippen molar-refractivity contribution in [3.8, 4) is 22.4 Å². The molecule has 0 fully saturated rings. The molecule has 1 atom stereocenters. The van der Waals surface area contributed by atoms with Crippen LogP contribution in [0.25, 0.3) is 22.4 Å². The second-order valence-corrected chi connectivity index (χ2v) is 7.94. The van der Waals surface area contributed by atoms with E-state index in [0.29, 0.717) is 21.5 Å². The standard InChI is InChI=1S/C26H25N5O4/c1-17(25(32)29-24-12-9-19(16-31(24)34)18-7-5-4-6-8-18)28-20-10-11-21(22(15-20)26(33)35-3)23-13-14-27-30(23)2/h4-17,28H,1-3H3,(H,29,32).